The number of aliphatic hydroxyl groups excluding tert-OH is 1. The average Bonchev–Trinajstić information content (AvgIpc) is 3.17. The lowest BCUT2D eigenvalue weighted by Gasteiger charge is -2.44. The van der Waals surface area contributed by atoms with Gasteiger partial charge in [-0.05, 0) is 42.7 Å². The largest absolute Gasteiger partial charge is 0.391 e. The van der Waals surface area contributed by atoms with Gasteiger partial charge in [0.25, 0.3) is 0 Å². The van der Waals surface area contributed by atoms with Crippen molar-refractivity contribution in [1.82, 2.24) is 14.1 Å². The summed E-state index contributed by atoms with van der Waals surface area (Å²) in [5, 5.41) is 10.4. The first-order valence-electron chi connectivity index (χ1n) is 11.4. The molecule has 3 aliphatic rings. The monoisotopic (exact) mass is 549 g/mol. The molecule has 0 aliphatic carbocycles. The Bertz CT molecular complexity index is 1150. The second-order valence-electron chi connectivity index (χ2n) is 9.36. The second-order valence-corrected chi connectivity index (χ2v) is 12.2. The number of sulfonamides is 1. The van der Waals surface area contributed by atoms with E-state index in [1.54, 1.807) is 17.0 Å². The Balaban J connectivity index is 1.32. The summed E-state index contributed by atoms with van der Waals surface area (Å²) in [6, 6.07) is 16.6. The first-order chi connectivity index (χ1) is 16.3. The molecule has 3 aliphatic heterocycles. The van der Waals surface area contributed by atoms with Crippen LogP contribution in [-0.2, 0) is 26.1 Å². The van der Waals surface area contributed by atoms with Crippen LogP contribution >= 0.6 is 15.9 Å². The van der Waals surface area contributed by atoms with Crippen molar-refractivity contribution in [2.24, 2.45) is 0 Å². The molecule has 1 amide bonds. The molecule has 3 fully saturated rings. The number of halogens is 1. The summed E-state index contributed by atoms with van der Waals surface area (Å²) >= 11 is 3.31. The number of aliphatic hydroxyl groups is 1. The third-order valence-electron chi connectivity index (χ3n) is 7.10. The van der Waals surface area contributed by atoms with Crippen LogP contribution in [0.4, 0.5) is 0 Å². The maximum absolute atomic E-state index is 13.3. The van der Waals surface area contributed by atoms with E-state index in [0.29, 0.717) is 19.4 Å². The van der Waals surface area contributed by atoms with Crippen LogP contribution in [-0.4, -0.2) is 84.2 Å². The molecule has 2 aromatic carbocycles. The summed E-state index contributed by atoms with van der Waals surface area (Å²) in [5.41, 5.74) is -0.693. The highest BCUT2D eigenvalue weighted by Crippen LogP contribution is 2.43. The molecule has 10 heteroatoms. The number of benzene rings is 2. The van der Waals surface area contributed by atoms with Crippen LogP contribution in [0, 0.1) is 0 Å². The number of piperazine rings is 1. The van der Waals surface area contributed by atoms with Crippen LogP contribution in [0.2, 0.25) is 0 Å². The summed E-state index contributed by atoms with van der Waals surface area (Å²) in [7, 11) is -3.92. The van der Waals surface area contributed by atoms with E-state index >= 15 is 0 Å². The van der Waals surface area contributed by atoms with Crippen molar-refractivity contribution in [2.45, 2.75) is 35.6 Å². The smallest absolute Gasteiger partial charge is 0.243 e. The van der Waals surface area contributed by atoms with Crippen molar-refractivity contribution in [3.63, 3.8) is 0 Å². The lowest BCUT2D eigenvalue weighted by molar-refractivity contribution is -0.194. The molecule has 0 bridgehead atoms. The molecule has 1 spiro atoms. The Labute approximate surface area is 208 Å². The van der Waals surface area contributed by atoms with Gasteiger partial charge in [-0.3, -0.25) is 9.69 Å². The van der Waals surface area contributed by atoms with Gasteiger partial charge in [0.05, 0.1) is 36.7 Å². The van der Waals surface area contributed by atoms with Crippen LogP contribution in [0.5, 0.6) is 0 Å². The number of amides is 1. The van der Waals surface area contributed by atoms with Gasteiger partial charge in [-0.15, -0.1) is 0 Å². The molecule has 182 valence electrons. The van der Waals surface area contributed by atoms with Crippen molar-refractivity contribution in [2.75, 3.05) is 39.3 Å². The Kier molecular flexibility index (Phi) is 6.33. The predicted octanol–water partition coefficient (Wildman–Crippen LogP) is 2.04. The molecule has 8 nitrogen and oxygen atoms in total. The summed E-state index contributed by atoms with van der Waals surface area (Å²) in [6.45, 7) is 2.02. The fourth-order valence-electron chi connectivity index (χ4n) is 5.24. The highest BCUT2D eigenvalue weighted by atomic mass is 79.9. The number of piperidine rings is 1. The standard InChI is InChI=1S/C24H28BrN3O5S/c25-20-6-8-21(9-7-20)34(31,32)27-15-22(30)28-16-23(33-24(28,17-27)18-29)10-12-26(13-11-23)14-19-4-2-1-3-5-19/h1-9,29H,10-18H2. The number of fused-ring (bicyclic) bond motifs is 1. The van der Waals surface area contributed by atoms with Gasteiger partial charge in [-0.1, -0.05) is 46.3 Å². The van der Waals surface area contributed by atoms with Crippen molar-refractivity contribution >= 4 is 31.9 Å². The van der Waals surface area contributed by atoms with Gasteiger partial charge in [0.1, 0.15) is 0 Å². The fraction of sp³-hybridized carbons (Fsp3) is 0.458. The minimum absolute atomic E-state index is 0.0941. The van der Waals surface area contributed by atoms with Crippen molar-refractivity contribution in [3.05, 3.63) is 64.6 Å². The number of hydrogen-bond acceptors (Lipinski definition) is 6. The Hall–Kier alpha value is -1.82. The van der Waals surface area contributed by atoms with Gasteiger partial charge in [-0.25, -0.2) is 8.42 Å². The predicted molar refractivity (Wildman–Crippen MR) is 129 cm³/mol. The first kappa shape index (κ1) is 23.9. The third-order valence-corrected chi connectivity index (χ3v) is 9.43. The first-order valence-corrected chi connectivity index (χ1v) is 13.6. The quantitative estimate of drug-likeness (QED) is 0.613. The van der Waals surface area contributed by atoms with E-state index in [2.05, 4.69) is 33.0 Å². The topological polar surface area (TPSA) is 90.4 Å². The Morgan fingerprint density at radius 2 is 1.68 bits per heavy atom. The highest BCUT2D eigenvalue weighted by Gasteiger charge is 2.60. The summed E-state index contributed by atoms with van der Waals surface area (Å²) in [6.07, 6.45) is 1.43. The van der Waals surface area contributed by atoms with Gasteiger partial charge in [-0.2, -0.15) is 4.31 Å². The minimum Gasteiger partial charge on any atom is -0.391 e. The molecule has 0 radical (unpaired) electrons. The van der Waals surface area contributed by atoms with E-state index in [9.17, 15) is 18.3 Å². The maximum Gasteiger partial charge on any atom is 0.243 e. The van der Waals surface area contributed by atoms with Crippen LogP contribution < -0.4 is 0 Å². The molecule has 3 heterocycles. The Morgan fingerprint density at radius 1 is 1.00 bits per heavy atom. The number of hydrogen-bond donors (Lipinski definition) is 1. The van der Waals surface area contributed by atoms with Crippen molar-refractivity contribution in [1.29, 1.82) is 0 Å². The van der Waals surface area contributed by atoms with Crippen LogP contribution in [0.1, 0.15) is 18.4 Å². The molecule has 1 atom stereocenters. The lowest BCUT2D eigenvalue weighted by Crippen LogP contribution is -2.65. The van der Waals surface area contributed by atoms with Crippen LogP contribution in [0.25, 0.3) is 0 Å². The SMILES string of the molecule is O=C1CN(S(=O)(=O)c2ccc(Br)cc2)CC2(CO)OC3(CCN(Cc4ccccc4)CC3)CN12. The summed E-state index contributed by atoms with van der Waals surface area (Å²) in [5.74, 6) is -0.343. The number of carbonyl (C=O) groups excluding carboxylic acids is 1. The minimum atomic E-state index is -3.92. The van der Waals surface area contributed by atoms with E-state index in [0.717, 1.165) is 28.4 Å². The number of rotatable bonds is 5. The molecule has 2 aromatic rings. The Morgan fingerprint density at radius 3 is 2.32 bits per heavy atom. The van der Waals surface area contributed by atoms with Gasteiger partial charge < -0.3 is 14.7 Å². The van der Waals surface area contributed by atoms with E-state index in [1.807, 2.05) is 18.2 Å². The molecular formula is C24H28BrN3O5S. The van der Waals surface area contributed by atoms with E-state index in [1.165, 1.54) is 17.7 Å². The average molecular weight is 550 g/mol. The van der Waals surface area contributed by atoms with Gasteiger partial charge in [0.15, 0.2) is 5.72 Å². The normalized spacial score (nSPS) is 25.6. The maximum atomic E-state index is 13.3. The third kappa shape index (κ3) is 4.31. The number of likely N-dealkylation sites (tertiary alicyclic amines) is 1. The zero-order valence-electron chi connectivity index (χ0n) is 18.8. The van der Waals surface area contributed by atoms with Gasteiger partial charge in [0, 0.05) is 24.1 Å². The molecule has 1 unspecified atom stereocenters. The molecule has 5 rings (SSSR count). The number of ether oxygens (including phenoxy) is 1. The molecular weight excluding hydrogens is 522 g/mol. The summed E-state index contributed by atoms with van der Waals surface area (Å²) in [4.78, 5) is 17.2. The second kappa shape index (κ2) is 9.00. The molecule has 0 aromatic heterocycles. The summed E-state index contributed by atoms with van der Waals surface area (Å²) < 4.78 is 34.9. The van der Waals surface area contributed by atoms with Crippen LogP contribution in [0.3, 0.4) is 0 Å². The zero-order chi connectivity index (χ0) is 24.0. The molecule has 34 heavy (non-hydrogen) atoms. The van der Waals surface area contributed by atoms with Crippen LogP contribution in [0.15, 0.2) is 64.0 Å². The number of nitrogens with zero attached hydrogens (tertiary/aromatic N) is 3. The lowest BCUT2D eigenvalue weighted by atomic mass is 9.91. The fourth-order valence-corrected chi connectivity index (χ4v) is 6.93. The van der Waals surface area contributed by atoms with Crippen molar-refractivity contribution in [3.8, 4) is 0 Å². The number of carbonyl (C=O) groups is 1. The van der Waals surface area contributed by atoms with Crippen molar-refractivity contribution < 1.29 is 23.1 Å². The van der Waals surface area contributed by atoms with E-state index < -0.39 is 28.0 Å². The van der Waals surface area contributed by atoms with Gasteiger partial charge >= 0.3 is 0 Å². The van der Waals surface area contributed by atoms with Gasteiger partial charge in [0.2, 0.25) is 15.9 Å². The molecule has 3 saturated heterocycles. The highest BCUT2D eigenvalue weighted by molar-refractivity contribution is 9.10. The van der Waals surface area contributed by atoms with E-state index in [4.69, 9.17) is 4.74 Å². The zero-order valence-corrected chi connectivity index (χ0v) is 21.2. The molecule has 1 N–H and O–H groups in total. The molecule has 0 saturated carbocycles. The van der Waals surface area contributed by atoms with E-state index in [-0.39, 0.29) is 23.9 Å².